The highest BCUT2D eigenvalue weighted by molar-refractivity contribution is 5.61. The van der Waals surface area contributed by atoms with E-state index in [1.165, 1.54) is 0 Å². The molecule has 1 nitrogen and oxygen atoms in total. The molecule has 1 aromatic carbocycles. The molecule has 0 atom stereocenters. The van der Waals surface area contributed by atoms with Gasteiger partial charge in [-0.3, -0.25) is 0 Å². The summed E-state index contributed by atoms with van der Waals surface area (Å²) in [6.45, 7) is 4.31. The largest absolute Gasteiger partial charge is 0.212 e. The molecule has 1 saturated carbocycles. The molecule has 0 N–H and O–H groups in total. The summed E-state index contributed by atoms with van der Waals surface area (Å²) < 4.78 is 35.2. The van der Waals surface area contributed by atoms with Gasteiger partial charge < -0.3 is 0 Å². The Kier molecular flexibility index (Phi) is 3.14. The minimum atomic E-state index is -2.22. The van der Waals surface area contributed by atoms with Gasteiger partial charge in [0.15, 0.2) is 6.20 Å². The fourth-order valence-corrected chi connectivity index (χ4v) is 3.57. The van der Waals surface area contributed by atoms with E-state index in [0.29, 0.717) is 24.0 Å². The summed E-state index contributed by atoms with van der Waals surface area (Å²) in [7, 11) is 1.89. The van der Waals surface area contributed by atoms with Crippen LogP contribution in [0.4, 0.5) is 0 Å². The van der Waals surface area contributed by atoms with Crippen molar-refractivity contribution in [3.05, 3.63) is 53.2 Å². The minimum absolute atomic E-state index is 0.225. The van der Waals surface area contributed by atoms with Crippen molar-refractivity contribution in [2.24, 2.45) is 12.5 Å². The van der Waals surface area contributed by atoms with Gasteiger partial charge in [-0.2, -0.15) is 0 Å². The van der Waals surface area contributed by atoms with E-state index in [1.807, 2.05) is 29.8 Å². The summed E-state index contributed by atoms with van der Waals surface area (Å²) in [6.07, 6.45) is 5.00. The molecule has 1 heteroatoms. The zero-order valence-corrected chi connectivity index (χ0v) is 14.7. The van der Waals surface area contributed by atoms with Crippen molar-refractivity contribution in [3.8, 4) is 11.3 Å². The Bertz CT molecular complexity index is 842. The molecule has 1 heterocycles. The number of aromatic nitrogens is 1. The summed E-state index contributed by atoms with van der Waals surface area (Å²) in [5.41, 5.74) is 4.41. The molecule has 122 valence electrons. The van der Waals surface area contributed by atoms with Crippen LogP contribution >= 0.6 is 0 Å². The molecule has 23 heavy (non-hydrogen) atoms. The van der Waals surface area contributed by atoms with E-state index in [1.54, 1.807) is 6.20 Å². The van der Waals surface area contributed by atoms with Gasteiger partial charge in [-0.05, 0) is 68.0 Å². The quantitative estimate of drug-likeness (QED) is 0.647. The average molecular weight is 313 g/mol. The Morgan fingerprint density at radius 3 is 2.52 bits per heavy atom. The lowest BCUT2D eigenvalue weighted by molar-refractivity contribution is -0.660. The topological polar surface area (TPSA) is 3.88 Å². The van der Waals surface area contributed by atoms with Crippen LogP contribution in [0, 0.1) is 19.2 Å². The van der Waals surface area contributed by atoms with Gasteiger partial charge in [0, 0.05) is 22.7 Å². The van der Waals surface area contributed by atoms with Crippen molar-refractivity contribution in [1.29, 1.82) is 0 Å². The van der Waals surface area contributed by atoms with Crippen LogP contribution in [0.15, 0.2) is 36.5 Å². The molecule has 0 spiro atoms. The maximum Gasteiger partial charge on any atom is 0.212 e. The highest BCUT2D eigenvalue weighted by Crippen LogP contribution is 2.43. The van der Waals surface area contributed by atoms with E-state index < -0.39 is 12.7 Å². The lowest BCUT2D eigenvalue weighted by Crippen LogP contribution is -2.32. The Hall–Kier alpha value is -1.63. The number of hydrogen-bond acceptors (Lipinski definition) is 0. The van der Waals surface area contributed by atoms with Gasteiger partial charge >= 0.3 is 0 Å². The van der Waals surface area contributed by atoms with Crippen LogP contribution in [0.2, 0.25) is 0 Å². The first-order valence-corrected chi connectivity index (χ1v) is 8.54. The van der Waals surface area contributed by atoms with Crippen LogP contribution in [-0.4, -0.2) is 0 Å². The van der Waals surface area contributed by atoms with Gasteiger partial charge in [0.05, 0.1) is 0 Å². The van der Waals surface area contributed by atoms with E-state index in [-0.39, 0.29) is 5.41 Å². The standard InChI is InChI=1S/C22H30N/c1-16-8-6-7-9-19(16)21-14-20(17(2)15-23(21)5)18-10-12-22(3,4)13-11-18/h6-9,14-15,18H,10-13H2,1-5H3/q+1/i2D3,18D. The Morgan fingerprint density at radius 2 is 1.87 bits per heavy atom. The second-order valence-corrected chi connectivity index (χ2v) is 7.68. The van der Waals surface area contributed by atoms with Crippen molar-refractivity contribution < 1.29 is 10.1 Å². The fourth-order valence-electron chi connectivity index (χ4n) is 3.57. The molecular formula is C22H30N+. The fraction of sp³-hybridized carbons (Fsp3) is 0.500. The molecule has 0 bridgehead atoms. The molecule has 0 unspecified atom stereocenters. The van der Waals surface area contributed by atoms with Crippen molar-refractivity contribution in [2.45, 2.75) is 59.2 Å². The average Bonchev–Trinajstić information content (AvgIpc) is 2.57. The monoisotopic (exact) mass is 312 g/mol. The third kappa shape index (κ3) is 3.34. The first-order chi connectivity index (χ1) is 12.4. The van der Waals surface area contributed by atoms with Crippen LogP contribution in [-0.2, 0) is 7.05 Å². The molecule has 0 saturated heterocycles. The normalized spacial score (nSPS) is 22.6. The third-order valence-electron chi connectivity index (χ3n) is 5.28. The van der Waals surface area contributed by atoms with Gasteiger partial charge in [0.1, 0.15) is 7.05 Å². The van der Waals surface area contributed by atoms with Crippen LogP contribution in [0.25, 0.3) is 11.3 Å². The Balaban J connectivity index is 2.19. The van der Waals surface area contributed by atoms with Gasteiger partial charge in [0.25, 0.3) is 0 Å². The van der Waals surface area contributed by atoms with Crippen molar-refractivity contribution in [1.82, 2.24) is 0 Å². The maximum absolute atomic E-state index is 9.18. The van der Waals surface area contributed by atoms with Gasteiger partial charge in [0.2, 0.25) is 5.69 Å². The molecule has 1 aliphatic carbocycles. The van der Waals surface area contributed by atoms with E-state index >= 15 is 0 Å². The summed E-state index contributed by atoms with van der Waals surface area (Å²) in [5, 5.41) is 0. The number of nitrogens with zero attached hydrogens (tertiary/aromatic N) is 1. The smallest absolute Gasteiger partial charge is 0.201 e. The van der Waals surface area contributed by atoms with Crippen LogP contribution < -0.4 is 4.57 Å². The van der Waals surface area contributed by atoms with E-state index in [2.05, 4.69) is 32.9 Å². The first kappa shape index (κ1) is 11.8. The van der Waals surface area contributed by atoms with E-state index in [9.17, 15) is 1.37 Å². The summed E-state index contributed by atoms with van der Waals surface area (Å²) >= 11 is 0. The third-order valence-corrected chi connectivity index (χ3v) is 5.28. The number of hydrogen-bond donors (Lipinski definition) is 0. The van der Waals surface area contributed by atoms with Crippen molar-refractivity contribution in [2.75, 3.05) is 0 Å². The molecule has 1 aromatic heterocycles. The van der Waals surface area contributed by atoms with Crippen molar-refractivity contribution >= 4 is 0 Å². The van der Waals surface area contributed by atoms with Crippen LogP contribution in [0.5, 0.6) is 0 Å². The molecule has 0 aliphatic heterocycles. The van der Waals surface area contributed by atoms with Gasteiger partial charge in [-0.1, -0.05) is 32.0 Å². The maximum atomic E-state index is 9.18. The molecule has 0 amide bonds. The zero-order chi connectivity index (χ0) is 20.0. The molecule has 2 aromatic rings. The SMILES string of the molecule is [2H]C([2H])([2H])c1c[n+](C)c(-c2ccccc2C)cc1C1([2H])CCC(C)(C)CC1. The number of pyridine rings is 1. The molecule has 1 fully saturated rings. The number of aryl methyl sites for hydroxylation is 3. The second kappa shape index (κ2) is 6.11. The molecule has 3 rings (SSSR count). The van der Waals surface area contributed by atoms with Gasteiger partial charge in [-0.25, -0.2) is 4.57 Å². The summed E-state index contributed by atoms with van der Waals surface area (Å²) in [6, 6.07) is 10.1. The summed E-state index contributed by atoms with van der Waals surface area (Å²) in [4.78, 5) is 0. The minimum Gasteiger partial charge on any atom is -0.201 e. The predicted molar refractivity (Wildman–Crippen MR) is 97.5 cm³/mol. The van der Waals surface area contributed by atoms with E-state index in [4.69, 9.17) is 4.11 Å². The van der Waals surface area contributed by atoms with Crippen LogP contribution in [0.1, 0.15) is 67.6 Å². The Morgan fingerprint density at radius 1 is 1.17 bits per heavy atom. The van der Waals surface area contributed by atoms with Crippen LogP contribution in [0.3, 0.4) is 0 Å². The van der Waals surface area contributed by atoms with Crippen molar-refractivity contribution in [3.63, 3.8) is 0 Å². The zero-order valence-electron chi connectivity index (χ0n) is 18.7. The van der Waals surface area contributed by atoms with Gasteiger partial charge in [-0.15, -0.1) is 0 Å². The number of benzene rings is 1. The molecule has 0 radical (unpaired) electrons. The molecule has 1 aliphatic rings. The predicted octanol–water partition coefficient (Wildman–Crippen LogP) is 5.48. The molecular weight excluding hydrogens is 278 g/mol. The highest BCUT2D eigenvalue weighted by atomic mass is 14.9. The van der Waals surface area contributed by atoms with E-state index in [0.717, 1.165) is 29.7 Å². The number of rotatable bonds is 2. The lowest BCUT2D eigenvalue weighted by Gasteiger charge is -2.34. The second-order valence-electron chi connectivity index (χ2n) is 7.68. The Labute approximate surface area is 147 Å². The summed E-state index contributed by atoms with van der Waals surface area (Å²) in [5.74, 6) is -0.842. The first-order valence-electron chi connectivity index (χ1n) is 10.5. The highest BCUT2D eigenvalue weighted by Gasteiger charge is 2.29. The lowest BCUT2D eigenvalue weighted by atomic mass is 9.71.